The Morgan fingerprint density at radius 2 is 1.92 bits per heavy atom. The number of hydrogen-bond acceptors (Lipinski definition) is 6. The highest BCUT2D eigenvalue weighted by Crippen LogP contribution is 2.23. The number of carbonyl (C=O) groups excluding carboxylic acids is 3. The van der Waals surface area contributed by atoms with Crippen LogP contribution in [0.25, 0.3) is 0 Å². The summed E-state index contributed by atoms with van der Waals surface area (Å²) in [5.41, 5.74) is 0. The van der Waals surface area contributed by atoms with Crippen molar-refractivity contribution in [3.05, 3.63) is 0 Å². The van der Waals surface area contributed by atoms with Gasteiger partial charge in [-0.15, -0.1) is 0 Å². The Morgan fingerprint density at radius 1 is 1.31 bits per heavy atom. The van der Waals surface area contributed by atoms with Crippen molar-refractivity contribution in [3.63, 3.8) is 0 Å². The lowest BCUT2D eigenvalue weighted by Crippen LogP contribution is -2.53. The van der Waals surface area contributed by atoms with Crippen LogP contribution in [0.4, 0.5) is 0 Å². The predicted octanol–water partition coefficient (Wildman–Crippen LogP) is -1.08. The summed E-state index contributed by atoms with van der Waals surface area (Å²) in [4.78, 5) is 39.8. The van der Waals surface area contributed by atoms with Crippen LogP contribution in [0.3, 0.4) is 0 Å². The standard InChI is InChI=1S/C15H25N3O7S/c1-3-12(19)10-18(26(22,23)24)13-4-5-17(15(13)21)11(2)14(20)16-6-8-25-9-7-16/h11,13H,3-10H2,1-2H3,(H,22,23,24)/t11-,13-/m0/s1. The zero-order valence-electron chi connectivity index (χ0n) is 15.0. The van der Waals surface area contributed by atoms with E-state index in [0.717, 1.165) is 0 Å². The Hall–Kier alpha value is -1.56. The van der Waals surface area contributed by atoms with E-state index in [0.29, 0.717) is 30.6 Å². The van der Waals surface area contributed by atoms with E-state index in [1.165, 1.54) is 4.90 Å². The second-order valence-corrected chi connectivity index (χ2v) is 7.73. The summed E-state index contributed by atoms with van der Waals surface area (Å²) >= 11 is 0. The first-order valence-corrected chi connectivity index (χ1v) is 9.99. The maximum atomic E-state index is 12.7. The van der Waals surface area contributed by atoms with Gasteiger partial charge in [-0.05, 0) is 13.3 Å². The number of amides is 2. The summed E-state index contributed by atoms with van der Waals surface area (Å²) in [7, 11) is -4.72. The maximum absolute atomic E-state index is 12.7. The molecular weight excluding hydrogens is 366 g/mol. The second-order valence-electron chi connectivity index (χ2n) is 6.36. The van der Waals surface area contributed by atoms with Crippen LogP contribution in [0, 0.1) is 0 Å². The summed E-state index contributed by atoms with van der Waals surface area (Å²) in [5, 5.41) is 0. The van der Waals surface area contributed by atoms with Crippen LogP contribution >= 0.6 is 0 Å². The fraction of sp³-hybridized carbons (Fsp3) is 0.800. The van der Waals surface area contributed by atoms with E-state index in [1.807, 2.05) is 0 Å². The molecule has 10 nitrogen and oxygen atoms in total. The monoisotopic (exact) mass is 391 g/mol. The summed E-state index contributed by atoms with van der Waals surface area (Å²) in [6.45, 7) is 4.52. The van der Waals surface area contributed by atoms with E-state index < -0.39 is 40.6 Å². The highest BCUT2D eigenvalue weighted by molar-refractivity contribution is 7.83. The van der Waals surface area contributed by atoms with E-state index in [2.05, 4.69) is 0 Å². The second kappa shape index (κ2) is 8.42. The van der Waals surface area contributed by atoms with Gasteiger partial charge >= 0.3 is 10.3 Å². The van der Waals surface area contributed by atoms with Crippen molar-refractivity contribution >= 4 is 27.9 Å². The van der Waals surface area contributed by atoms with Gasteiger partial charge in [-0.25, -0.2) is 0 Å². The SMILES string of the molecule is CCC(=O)CN([C@H]1CCN([C@@H](C)C(=O)N2CCOCC2)C1=O)S(=O)(=O)O. The number of carbonyl (C=O) groups is 3. The van der Waals surface area contributed by atoms with Gasteiger partial charge in [-0.3, -0.25) is 18.9 Å². The zero-order valence-corrected chi connectivity index (χ0v) is 15.8. The van der Waals surface area contributed by atoms with Gasteiger partial charge in [-0.2, -0.15) is 12.7 Å². The van der Waals surface area contributed by atoms with Gasteiger partial charge in [0.2, 0.25) is 11.8 Å². The minimum atomic E-state index is -4.72. The Balaban J connectivity index is 2.11. The Kier molecular flexibility index (Phi) is 6.72. The average Bonchev–Trinajstić information content (AvgIpc) is 2.98. The quantitative estimate of drug-likeness (QED) is 0.547. The molecule has 0 spiro atoms. The van der Waals surface area contributed by atoms with Crippen LogP contribution in [0.2, 0.25) is 0 Å². The summed E-state index contributed by atoms with van der Waals surface area (Å²) in [6.07, 6.45) is 0.193. The Morgan fingerprint density at radius 3 is 2.46 bits per heavy atom. The minimum Gasteiger partial charge on any atom is -0.378 e. The van der Waals surface area contributed by atoms with Gasteiger partial charge in [0, 0.05) is 26.1 Å². The summed E-state index contributed by atoms with van der Waals surface area (Å²) in [6, 6.07) is -1.93. The van der Waals surface area contributed by atoms with Crippen LogP contribution in [0.1, 0.15) is 26.7 Å². The molecular formula is C15H25N3O7S. The number of rotatable bonds is 7. The van der Waals surface area contributed by atoms with Crippen LogP contribution in [0.5, 0.6) is 0 Å². The molecule has 2 atom stereocenters. The average molecular weight is 391 g/mol. The molecule has 0 radical (unpaired) electrons. The van der Waals surface area contributed by atoms with Crippen molar-refractivity contribution in [3.8, 4) is 0 Å². The van der Waals surface area contributed by atoms with E-state index in [4.69, 9.17) is 4.74 Å². The van der Waals surface area contributed by atoms with Crippen molar-refractivity contribution in [1.29, 1.82) is 0 Å². The molecule has 0 aromatic rings. The number of hydrogen-bond donors (Lipinski definition) is 1. The topological polar surface area (TPSA) is 125 Å². The van der Waals surface area contributed by atoms with Crippen LogP contribution < -0.4 is 0 Å². The number of morpholine rings is 1. The molecule has 0 aromatic carbocycles. The number of nitrogens with zero attached hydrogens (tertiary/aromatic N) is 3. The third kappa shape index (κ3) is 4.58. The highest BCUT2D eigenvalue weighted by Gasteiger charge is 2.44. The fourth-order valence-corrected chi connectivity index (χ4v) is 3.98. The van der Waals surface area contributed by atoms with E-state index in [-0.39, 0.29) is 25.3 Å². The third-order valence-electron chi connectivity index (χ3n) is 4.73. The number of ether oxygens (including phenoxy) is 1. The molecule has 2 amide bonds. The van der Waals surface area contributed by atoms with Crippen molar-refractivity contribution in [2.75, 3.05) is 39.4 Å². The van der Waals surface area contributed by atoms with Crippen molar-refractivity contribution in [1.82, 2.24) is 14.1 Å². The van der Waals surface area contributed by atoms with Gasteiger partial charge in [0.25, 0.3) is 0 Å². The van der Waals surface area contributed by atoms with Gasteiger partial charge in [0.1, 0.15) is 17.9 Å². The molecule has 1 N–H and O–H groups in total. The molecule has 0 aliphatic carbocycles. The number of Topliss-reactive ketones (excluding diaryl/α,β-unsaturated/α-hetero) is 1. The summed E-state index contributed by atoms with van der Waals surface area (Å²) < 4.78 is 38.4. The van der Waals surface area contributed by atoms with Crippen molar-refractivity contribution < 1.29 is 32.1 Å². The molecule has 2 heterocycles. The molecule has 26 heavy (non-hydrogen) atoms. The Bertz CT molecular complexity index is 660. The third-order valence-corrected chi connectivity index (χ3v) is 5.71. The first kappa shape index (κ1) is 20.7. The van der Waals surface area contributed by atoms with Crippen LogP contribution in [0.15, 0.2) is 0 Å². The molecule has 2 fully saturated rings. The minimum absolute atomic E-state index is 0.0859. The fourth-order valence-electron chi connectivity index (χ4n) is 3.16. The predicted molar refractivity (Wildman–Crippen MR) is 90.5 cm³/mol. The lowest BCUT2D eigenvalue weighted by Gasteiger charge is -2.33. The molecule has 2 saturated heterocycles. The Labute approximate surface area is 152 Å². The lowest BCUT2D eigenvalue weighted by molar-refractivity contribution is -0.146. The molecule has 2 aliphatic heterocycles. The van der Waals surface area contributed by atoms with E-state index in [9.17, 15) is 27.4 Å². The molecule has 0 aromatic heterocycles. The highest BCUT2D eigenvalue weighted by atomic mass is 32.2. The molecule has 0 unspecified atom stereocenters. The smallest absolute Gasteiger partial charge is 0.337 e. The number of ketones is 1. The van der Waals surface area contributed by atoms with Crippen LogP contribution in [-0.2, 0) is 29.4 Å². The number of likely N-dealkylation sites (tertiary alicyclic amines) is 1. The van der Waals surface area contributed by atoms with Crippen LogP contribution in [-0.4, -0.2) is 96.1 Å². The van der Waals surface area contributed by atoms with Gasteiger partial charge in [0.15, 0.2) is 0 Å². The summed E-state index contributed by atoms with van der Waals surface area (Å²) in [5.74, 6) is -1.22. The first-order valence-electron chi connectivity index (χ1n) is 8.59. The van der Waals surface area contributed by atoms with Crippen molar-refractivity contribution in [2.45, 2.75) is 38.8 Å². The van der Waals surface area contributed by atoms with Crippen molar-refractivity contribution in [2.24, 2.45) is 0 Å². The first-order chi connectivity index (χ1) is 12.2. The maximum Gasteiger partial charge on any atom is 0.337 e. The molecule has 0 saturated carbocycles. The van der Waals surface area contributed by atoms with E-state index in [1.54, 1.807) is 18.7 Å². The molecule has 11 heteroatoms. The zero-order chi connectivity index (χ0) is 19.5. The van der Waals surface area contributed by atoms with Gasteiger partial charge < -0.3 is 14.5 Å². The largest absolute Gasteiger partial charge is 0.378 e. The van der Waals surface area contributed by atoms with Gasteiger partial charge in [0.05, 0.1) is 19.8 Å². The molecule has 2 rings (SSSR count). The normalized spacial score (nSPS) is 22.8. The molecule has 0 bridgehead atoms. The van der Waals surface area contributed by atoms with Gasteiger partial charge in [-0.1, -0.05) is 6.92 Å². The lowest BCUT2D eigenvalue weighted by atomic mass is 10.2. The molecule has 2 aliphatic rings. The van der Waals surface area contributed by atoms with E-state index >= 15 is 0 Å². The molecule has 148 valence electrons.